The van der Waals surface area contributed by atoms with Gasteiger partial charge in [0.15, 0.2) is 0 Å². The Morgan fingerprint density at radius 3 is 2.68 bits per heavy atom. The van der Waals surface area contributed by atoms with Crippen LogP contribution in [-0.4, -0.2) is 7.11 Å². The summed E-state index contributed by atoms with van der Waals surface area (Å²) in [6, 6.07) is 10.9. The van der Waals surface area contributed by atoms with Gasteiger partial charge in [0.1, 0.15) is 18.1 Å². The van der Waals surface area contributed by atoms with Crippen LogP contribution in [0, 0.1) is 0 Å². The fourth-order valence-corrected chi connectivity index (χ4v) is 2.14. The van der Waals surface area contributed by atoms with E-state index in [-0.39, 0.29) is 0 Å². The number of nitrogen functional groups attached to an aromatic ring is 1. The van der Waals surface area contributed by atoms with E-state index in [0.29, 0.717) is 23.1 Å². The summed E-state index contributed by atoms with van der Waals surface area (Å²) >= 11 is 9.31. The van der Waals surface area contributed by atoms with Gasteiger partial charge in [0.25, 0.3) is 0 Å². The minimum atomic E-state index is 0.392. The molecule has 0 aliphatic carbocycles. The van der Waals surface area contributed by atoms with Crippen molar-refractivity contribution in [3.8, 4) is 11.5 Å². The van der Waals surface area contributed by atoms with Gasteiger partial charge >= 0.3 is 0 Å². The zero-order chi connectivity index (χ0) is 13.8. The van der Waals surface area contributed by atoms with E-state index < -0.39 is 0 Å². The molecule has 2 aromatic rings. The van der Waals surface area contributed by atoms with Gasteiger partial charge in [-0.05, 0) is 36.4 Å². The first kappa shape index (κ1) is 14.0. The zero-order valence-electron chi connectivity index (χ0n) is 10.3. The summed E-state index contributed by atoms with van der Waals surface area (Å²) in [5, 5.41) is 0.590. The predicted molar refractivity (Wildman–Crippen MR) is 80.9 cm³/mol. The zero-order valence-corrected chi connectivity index (χ0v) is 12.7. The van der Waals surface area contributed by atoms with Crippen molar-refractivity contribution in [2.45, 2.75) is 6.61 Å². The van der Waals surface area contributed by atoms with E-state index in [0.717, 1.165) is 15.8 Å². The third-order valence-electron chi connectivity index (χ3n) is 2.61. The van der Waals surface area contributed by atoms with Crippen molar-refractivity contribution in [1.29, 1.82) is 0 Å². The Labute approximate surface area is 125 Å². The van der Waals surface area contributed by atoms with Crippen molar-refractivity contribution in [1.82, 2.24) is 0 Å². The molecule has 0 fully saturated rings. The number of ether oxygens (including phenoxy) is 2. The van der Waals surface area contributed by atoms with Gasteiger partial charge in [-0.15, -0.1) is 0 Å². The van der Waals surface area contributed by atoms with Gasteiger partial charge < -0.3 is 15.2 Å². The number of hydrogen-bond donors (Lipinski definition) is 1. The largest absolute Gasteiger partial charge is 0.497 e. The van der Waals surface area contributed by atoms with Crippen molar-refractivity contribution in [2.75, 3.05) is 12.8 Å². The molecule has 2 rings (SSSR count). The smallest absolute Gasteiger partial charge is 0.142 e. The van der Waals surface area contributed by atoms with Crippen molar-refractivity contribution >= 4 is 33.2 Å². The summed E-state index contributed by atoms with van der Waals surface area (Å²) in [5.41, 5.74) is 7.33. The maximum atomic E-state index is 5.84. The van der Waals surface area contributed by atoms with Crippen LogP contribution in [0.15, 0.2) is 40.9 Å². The molecular formula is C14H13BrClNO2. The predicted octanol–water partition coefficient (Wildman–Crippen LogP) is 4.27. The molecule has 19 heavy (non-hydrogen) atoms. The summed E-state index contributed by atoms with van der Waals surface area (Å²) in [7, 11) is 1.63. The maximum Gasteiger partial charge on any atom is 0.142 e. The fraction of sp³-hybridized carbons (Fsp3) is 0.143. The van der Waals surface area contributed by atoms with Crippen LogP contribution in [0.1, 0.15) is 5.56 Å². The summed E-state index contributed by atoms with van der Waals surface area (Å²) in [6.07, 6.45) is 0. The molecule has 0 aliphatic heterocycles. The molecule has 5 heteroatoms. The van der Waals surface area contributed by atoms with Crippen LogP contribution in [0.4, 0.5) is 5.69 Å². The van der Waals surface area contributed by atoms with Gasteiger partial charge in [0.05, 0.1) is 12.8 Å². The summed E-state index contributed by atoms with van der Waals surface area (Å²) < 4.78 is 11.8. The normalized spacial score (nSPS) is 10.3. The van der Waals surface area contributed by atoms with Crippen molar-refractivity contribution in [3.63, 3.8) is 0 Å². The van der Waals surface area contributed by atoms with E-state index in [2.05, 4.69) is 15.9 Å². The molecule has 0 aromatic heterocycles. The Morgan fingerprint density at radius 2 is 2.00 bits per heavy atom. The average Bonchev–Trinajstić information content (AvgIpc) is 2.39. The van der Waals surface area contributed by atoms with Crippen molar-refractivity contribution in [3.05, 3.63) is 51.5 Å². The number of hydrogen-bond acceptors (Lipinski definition) is 3. The molecule has 0 saturated heterocycles. The van der Waals surface area contributed by atoms with E-state index in [1.165, 1.54) is 0 Å². The standard InChI is InChI=1S/C14H13BrClNO2/c1-18-11-3-4-12(15)9(6-11)8-19-14-5-2-10(16)7-13(14)17/h2-7H,8,17H2,1H3. The quantitative estimate of drug-likeness (QED) is 0.844. The summed E-state index contributed by atoms with van der Waals surface area (Å²) in [5.74, 6) is 1.39. The second kappa shape index (κ2) is 6.17. The van der Waals surface area contributed by atoms with E-state index >= 15 is 0 Å². The molecule has 0 unspecified atom stereocenters. The van der Waals surface area contributed by atoms with Crippen LogP contribution in [0.5, 0.6) is 11.5 Å². The molecule has 3 nitrogen and oxygen atoms in total. The molecule has 0 atom stereocenters. The van der Waals surface area contributed by atoms with Crippen LogP contribution < -0.4 is 15.2 Å². The number of halogens is 2. The summed E-state index contributed by atoms with van der Waals surface area (Å²) in [6.45, 7) is 0.392. The van der Waals surface area contributed by atoms with Crippen LogP contribution in [0.25, 0.3) is 0 Å². The average molecular weight is 343 g/mol. The first-order valence-corrected chi connectivity index (χ1v) is 6.77. The first-order valence-electron chi connectivity index (χ1n) is 5.60. The van der Waals surface area contributed by atoms with Gasteiger partial charge in [0.2, 0.25) is 0 Å². The monoisotopic (exact) mass is 341 g/mol. The number of benzene rings is 2. The molecule has 2 N–H and O–H groups in total. The molecular weight excluding hydrogens is 330 g/mol. The van der Waals surface area contributed by atoms with Crippen molar-refractivity contribution in [2.24, 2.45) is 0 Å². The fourth-order valence-electron chi connectivity index (χ4n) is 1.59. The van der Waals surface area contributed by atoms with Gasteiger partial charge in [0, 0.05) is 15.1 Å². The third kappa shape index (κ3) is 3.55. The molecule has 2 aromatic carbocycles. The second-order valence-electron chi connectivity index (χ2n) is 3.93. The van der Waals surface area contributed by atoms with Crippen LogP contribution in [-0.2, 0) is 6.61 Å². The Hall–Kier alpha value is -1.39. The molecule has 0 radical (unpaired) electrons. The molecule has 0 amide bonds. The Morgan fingerprint density at radius 1 is 1.21 bits per heavy atom. The molecule has 0 bridgehead atoms. The lowest BCUT2D eigenvalue weighted by atomic mass is 10.2. The van der Waals surface area contributed by atoms with Crippen LogP contribution in [0.3, 0.4) is 0 Å². The molecule has 0 saturated carbocycles. The molecule has 0 spiro atoms. The third-order valence-corrected chi connectivity index (χ3v) is 3.62. The van der Waals surface area contributed by atoms with E-state index in [1.807, 2.05) is 18.2 Å². The lowest BCUT2D eigenvalue weighted by molar-refractivity contribution is 0.306. The highest BCUT2D eigenvalue weighted by atomic mass is 79.9. The molecule has 0 aliphatic rings. The minimum Gasteiger partial charge on any atom is -0.497 e. The highest BCUT2D eigenvalue weighted by Crippen LogP contribution is 2.28. The first-order chi connectivity index (χ1) is 9.10. The maximum absolute atomic E-state index is 5.84. The number of rotatable bonds is 4. The Bertz CT molecular complexity index is 590. The molecule has 100 valence electrons. The number of nitrogens with two attached hydrogens (primary N) is 1. The van der Waals surface area contributed by atoms with Crippen molar-refractivity contribution < 1.29 is 9.47 Å². The van der Waals surface area contributed by atoms with Gasteiger partial charge in [-0.1, -0.05) is 27.5 Å². The van der Waals surface area contributed by atoms with Crippen LogP contribution >= 0.6 is 27.5 Å². The highest BCUT2D eigenvalue weighted by molar-refractivity contribution is 9.10. The lowest BCUT2D eigenvalue weighted by Crippen LogP contribution is -2.00. The van der Waals surface area contributed by atoms with E-state index in [1.54, 1.807) is 25.3 Å². The number of methoxy groups -OCH3 is 1. The minimum absolute atomic E-state index is 0.392. The van der Waals surface area contributed by atoms with E-state index in [9.17, 15) is 0 Å². The Kier molecular flexibility index (Phi) is 4.56. The van der Waals surface area contributed by atoms with Gasteiger partial charge in [-0.3, -0.25) is 0 Å². The topological polar surface area (TPSA) is 44.5 Å². The SMILES string of the molecule is COc1ccc(Br)c(COc2ccc(Cl)cc2N)c1. The van der Waals surface area contributed by atoms with Crippen LogP contribution in [0.2, 0.25) is 5.02 Å². The second-order valence-corrected chi connectivity index (χ2v) is 5.22. The summed E-state index contributed by atoms with van der Waals surface area (Å²) in [4.78, 5) is 0. The number of anilines is 1. The van der Waals surface area contributed by atoms with Gasteiger partial charge in [-0.2, -0.15) is 0 Å². The van der Waals surface area contributed by atoms with E-state index in [4.69, 9.17) is 26.8 Å². The van der Waals surface area contributed by atoms with Gasteiger partial charge in [-0.25, -0.2) is 0 Å². The highest BCUT2D eigenvalue weighted by Gasteiger charge is 2.06. The molecule has 0 heterocycles. The lowest BCUT2D eigenvalue weighted by Gasteiger charge is -2.11. The Balaban J connectivity index is 2.14.